The van der Waals surface area contributed by atoms with Crippen LogP contribution in [0.5, 0.6) is 0 Å². The number of nitrogens with one attached hydrogen (secondary N) is 1. The predicted molar refractivity (Wildman–Crippen MR) is 85.5 cm³/mol. The number of piperazine rings is 1. The summed E-state index contributed by atoms with van der Waals surface area (Å²) in [7, 11) is 0. The van der Waals surface area contributed by atoms with Crippen LogP contribution in [0.25, 0.3) is 0 Å². The zero-order valence-electron chi connectivity index (χ0n) is 12.5. The molecular weight excluding hydrogens is 278 g/mol. The van der Waals surface area contributed by atoms with Gasteiger partial charge < -0.3 is 9.80 Å². The Kier molecular flexibility index (Phi) is 3.29. The molecule has 22 heavy (non-hydrogen) atoms. The van der Waals surface area contributed by atoms with Crippen LogP contribution in [0.1, 0.15) is 17.7 Å². The number of fused-ring (bicyclic) bond motifs is 1. The molecule has 6 heteroatoms. The number of pyridine rings is 1. The van der Waals surface area contributed by atoms with Crippen molar-refractivity contribution < 1.29 is 0 Å². The van der Waals surface area contributed by atoms with Gasteiger partial charge in [-0.25, -0.2) is 9.97 Å². The first-order chi connectivity index (χ1) is 10.8. The van der Waals surface area contributed by atoms with E-state index in [4.69, 9.17) is 0 Å². The van der Waals surface area contributed by atoms with Gasteiger partial charge in [0, 0.05) is 37.9 Å². The molecular formula is C16H19N5O. The van der Waals surface area contributed by atoms with Crippen molar-refractivity contribution in [2.75, 3.05) is 36.0 Å². The van der Waals surface area contributed by atoms with E-state index in [0.717, 1.165) is 68.5 Å². The Hall–Kier alpha value is -2.37. The van der Waals surface area contributed by atoms with Gasteiger partial charge in [0.25, 0.3) is 5.56 Å². The number of rotatable bonds is 2. The summed E-state index contributed by atoms with van der Waals surface area (Å²) in [6, 6.07) is 5.97. The molecule has 0 unspecified atom stereocenters. The van der Waals surface area contributed by atoms with E-state index in [2.05, 4.69) is 24.8 Å². The Labute approximate surface area is 128 Å². The molecule has 1 fully saturated rings. The number of H-pyrrole nitrogens is 1. The first-order valence-electron chi connectivity index (χ1n) is 7.84. The van der Waals surface area contributed by atoms with Gasteiger partial charge in [0.15, 0.2) is 0 Å². The lowest BCUT2D eigenvalue weighted by Crippen LogP contribution is -2.47. The minimum absolute atomic E-state index is 0.0460. The summed E-state index contributed by atoms with van der Waals surface area (Å²) in [5.74, 6) is 1.74. The monoisotopic (exact) mass is 297 g/mol. The highest BCUT2D eigenvalue weighted by Crippen LogP contribution is 2.20. The largest absolute Gasteiger partial charge is 0.353 e. The summed E-state index contributed by atoms with van der Waals surface area (Å²) in [6.07, 6.45) is 4.66. The molecule has 1 aliphatic carbocycles. The predicted octanol–water partition coefficient (Wildman–Crippen LogP) is 0.980. The lowest BCUT2D eigenvalue weighted by Gasteiger charge is -2.35. The number of aromatic amines is 1. The Balaban J connectivity index is 1.50. The molecule has 3 heterocycles. The smallest absolute Gasteiger partial charge is 0.255 e. The molecule has 0 atom stereocenters. The number of nitrogens with zero attached hydrogens (tertiary/aromatic N) is 4. The lowest BCUT2D eigenvalue weighted by atomic mass is 10.2. The van der Waals surface area contributed by atoms with Crippen molar-refractivity contribution in [2.45, 2.75) is 19.3 Å². The van der Waals surface area contributed by atoms with Crippen molar-refractivity contribution >= 4 is 11.8 Å². The summed E-state index contributed by atoms with van der Waals surface area (Å²) in [5.41, 5.74) is 1.92. The SMILES string of the molecule is O=c1[nH]c(N2CCN(c3ccccn3)CC2)nc2c1CCC2. The molecule has 0 aromatic carbocycles. The third-order valence-electron chi connectivity index (χ3n) is 4.48. The molecule has 1 aliphatic heterocycles. The molecule has 1 N–H and O–H groups in total. The van der Waals surface area contributed by atoms with E-state index in [1.807, 2.05) is 24.4 Å². The highest BCUT2D eigenvalue weighted by molar-refractivity contribution is 5.42. The second-order valence-electron chi connectivity index (χ2n) is 5.83. The maximum atomic E-state index is 12.1. The van der Waals surface area contributed by atoms with Crippen molar-refractivity contribution in [3.8, 4) is 0 Å². The van der Waals surface area contributed by atoms with Gasteiger partial charge in [-0.15, -0.1) is 0 Å². The van der Waals surface area contributed by atoms with Crippen molar-refractivity contribution in [2.24, 2.45) is 0 Å². The molecule has 114 valence electrons. The first kappa shape index (κ1) is 13.3. The van der Waals surface area contributed by atoms with Crippen molar-refractivity contribution in [3.63, 3.8) is 0 Å². The van der Waals surface area contributed by atoms with E-state index in [-0.39, 0.29) is 5.56 Å². The second kappa shape index (κ2) is 5.44. The Morgan fingerprint density at radius 1 is 1.05 bits per heavy atom. The minimum Gasteiger partial charge on any atom is -0.353 e. The summed E-state index contributed by atoms with van der Waals surface area (Å²) in [6.45, 7) is 3.46. The lowest BCUT2D eigenvalue weighted by molar-refractivity contribution is 0.632. The highest BCUT2D eigenvalue weighted by atomic mass is 16.1. The quantitative estimate of drug-likeness (QED) is 0.895. The fourth-order valence-electron chi connectivity index (χ4n) is 3.27. The van der Waals surface area contributed by atoms with Gasteiger partial charge in [0.1, 0.15) is 5.82 Å². The maximum Gasteiger partial charge on any atom is 0.255 e. The van der Waals surface area contributed by atoms with Crippen LogP contribution in [0.4, 0.5) is 11.8 Å². The van der Waals surface area contributed by atoms with Crippen LogP contribution in [0.2, 0.25) is 0 Å². The van der Waals surface area contributed by atoms with Gasteiger partial charge in [0.05, 0.1) is 5.69 Å². The molecule has 0 amide bonds. The fourth-order valence-corrected chi connectivity index (χ4v) is 3.27. The van der Waals surface area contributed by atoms with Crippen LogP contribution in [-0.2, 0) is 12.8 Å². The molecule has 0 bridgehead atoms. The average Bonchev–Trinajstić information content (AvgIpc) is 3.05. The Morgan fingerprint density at radius 2 is 1.86 bits per heavy atom. The molecule has 2 aromatic rings. The third kappa shape index (κ3) is 2.34. The van der Waals surface area contributed by atoms with E-state index in [9.17, 15) is 4.79 Å². The van der Waals surface area contributed by atoms with E-state index in [1.54, 1.807) is 0 Å². The highest BCUT2D eigenvalue weighted by Gasteiger charge is 2.23. The summed E-state index contributed by atoms with van der Waals surface area (Å²) in [4.78, 5) is 28.6. The van der Waals surface area contributed by atoms with Crippen molar-refractivity contribution in [1.29, 1.82) is 0 Å². The normalized spacial score (nSPS) is 17.6. The van der Waals surface area contributed by atoms with Crippen LogP contribution >= 0.6 is 0 Å². The van der Waals surface area contributed by atoms with E-state index >= 15 is 0 Å². The fraction of sp³-hybridized carbons (Fsp3) is 0.438. The van der Waals surface area contributed by atoms with Crippen LogP contribution in [0.3, 0.4) is 0 Å². The van der Waals surface area contributed by atoms with Gasteiger partial charge in [0.2, 0.25) is 5.95 Å². The standard InChI is InChI=1S/C16H19N5O/c22-15-12-4-3-5-13(12)18-16(19-15)21-10-8-20(9-11-21)14-6-1-2-7-17-14/h1-2,6-7H,3-5,8-11H2,(H,18,19,22). The molecule has 6 nitrogen and oxygen atoms in total. The van der Waals surface area contributed by atoms with E-state index in [1.165, 1.54) is 0 Å². The number of anilines is 2. The molecule has 2 aromatic heterocycles. The molecule has 1 saturated heterocycles. The Bertz CT molecular complexity index is 719. The molecule has 0 radical (unpaired) electrons. The Morgan fingerprint density at radius 3 is 2.64 bits per heavy atom. The molecule has 2 aliphatic rings. The van der Waals surface area contributed by atoms with Crippen LogP contribution in [0, 0.1) is 0 Å². The van der Waals surface area contributed by atoms with Gasteiger partial charge in [-0.2, -0.15) is 0 Å². The third-order valence-corrected chi connectivity index (χ3v) is 4.48. The summed E-state index contributed by atoms with van der Waals surface area (Å²) < 4.78 is 0. The maximum absolute atomic E-state index is 12.1. The zero-order chi connectivity index (χ0) is 14.9. The van der Waals surface area contributed by atoms with Crippen molar-refractivity contribution in [1.82, 2.24) is 15.0 Å². The number of aromatic nitrogens is 3. The topological polar surface area (TPSA) is 65.1 Å². The number of hydrogen-bond acceptors (Lipinski definition) is 5. The zero-order valence-corrected chi connectivity index (χ0v) is 12.5. The average molecular weight is 297 g/mol. The van der Waals surface area contributed by atoms with Crippen LogP contribution in [-0.4, -0.2) is 41.1 Å². The number of aryl methyl sites for hydroxylation is 1. The number of hydrogen-bond donors (Lipinski definition) is 1. The molecule has 0 saturated carbocycles. The van der Waals surface area contributed by atoms with E-state index < -0.39 is 0 Å². The van der Waals surface area contributed by atoms with Crippen molar-refractivity contribution in [3.05, 3.63) is 46.0 Å². The van der Waals surface area contributed by atoms with Crippen LogP contribution in [0.15, 0.2) is 29.2 Å². The molecule has 0 spiro atoms. The van der Waals surface area contributed by atoms with Crippen LogP contribution < -0.4 is 15.4 Å². The first-order valence-corrected chi connectivity index (χ1v) is 7.84. The second-order valence-corrected chi connectivity index (χ2v) is 5.83. The van der Waals surface area contributed by atoms with Gasteiger partial charge >= 0.3 is 0 Å². The summed E-state index contributed by atoms with van der Waals surface area (Å²) >= 11 is 0. The van der Waals surface area contributed by atoms with Gasteiger partial charge in [-0.1, -0.05) is 6.07 Å². The van der Waals surface area contributed by atoms with Gasteiger partial charge in [-0.05, 0) is 31.4 Å². The van der Waals surface area contributed by atoms with Gasteiger partial charge in [-0.3, -0.25) is 9.78 Å². The summed E-state index contributed by atoms with van der Waals surface area (Å²) in [5, 5.41) is 0. The minimum atomic E-state index is 0.0460. The molecule has 4 rings (SSSR count). The van der Waals surface area contributed by atoms with E-state index in [0.29, 0.717) is 0 Å².